The second-order valence-electron chi connectivity index (χ2n) is 3.00. The fourth-order valence-corrected chi connectivity index (χ4v) is 12.6. The summed E-state index contributed by atoms with van der Waals surface area (Å²) in [6.45, 7) is 0. The SMILES string of the molecule is O=C(OC(C(Cl)(Cl)Cl)P1(=O)SCCS1)C(F)(F)F. The molecule has 0 spiro atoms. The lowest BCUT2D eigenvalue weighted by Crippen LogP contribution is -2.35. The standard InChI is InChI=1S/C6H5Cl3F3O3PS2/c7-5(8,9)4(15-3(13)6(10,11)12)16(14)17-1-2-18-16/h4H,1-2H2. The van der Waals surface area contributed by atoms with E-state index in [4.69, 9.17) is 34.8 Å². The summed E-state index contributed by atoms with van der Waals surface area (Å²) in [4.78, 5) is 10.8. The first kappa shape index (κ1) is 17.1. The van der Waals surface area contributed by atoms with Gasteiger partial charge in [0.05, 0.1) is 0 Å². The monoisotopic (exact) mass is 382 g/mol. The maximum absolute atomic E-state index is 12.3. The summed E-state index contributed by atoms with van der Waals surface area (Å²) in [5, 5.41) is 0. The van der Waals surface area contributed by atoms with Crippen LogP contribution in [-0.2, 0) is 14.1 Å². The quantitative estimate of drug-likeness (QED) is 0.400. The molecule has 1 fully saturated rings. The van der Waals surface area contributed by atoms with Crippen molar-refractivity contribution >= 4 is 69.1 Å². The van der Waals surface area contributed by atoms with Crippen molar-refractivity contribution in [1.82, 2.24) is 0 Å². The third-order valence-electron chi connectivity index (χ3n) is 1.64. The minimum absolute atomic E-state index is 0.419. The Labute approximate surface area is 123 Å². The van der Waals surface area contributed by atoms with Crippen LogP contribution in [0.25, 0.3) is 0 Å². The van der Waals surface area contributed by atoms with Crippen LogP contribution in [-0.4, -0.2) is 33.3 Å². The molecular weight excluding hydrogens is 379 g/mol. The largest absolute Gasteiger partial charge is 0.490 e. The smallest absolute Gasteiger partial charge is 0.441 e. The second-order valence-corrected chi connectivity index (χ2v) is 13.8. The van der Waals surface area contributed by atoms with Gasteiger partial charge in [-0.05, 0) is 0 Å². The summed E-state index contributed by atoms with van der Waals surface area (Å²) in [5.41, 5.74) is -3.43. The minimum atomic E-state index is -5.23. The molecule has 1 heterocycles. The van der Waals surface area contributed by atoms with Gasteiger partial charge in [-0.2, -0.15) is 13.2 Å². The van der Waals surface area contributed by atoms with Crippen LogP contribution < -0.4 is 0 Å². The zero-order chi connectivity index (χ0) is 14.2. The summed E-state index contributed by atoms with van der Waals surface area (Å²) in [6, 6.07) is 0. The molecule has 1 atom stereocenters. The van der Waals surface area contributed by atoms with Gasteiger partial charge in [0.2, 0.25) is 15.2 Å². The third kappa shape index (κ3) is 4.28. The van der Waals surface area contributed by atoms with Crippen molar-refractivity contribution < 1.29 is 27.3 Å². The first-order valence-corrected chi connectivity index (χ1v) is 10.3. The molecule has 18 heavy (non-hydrogen) atoms. The van der Waals surface area contributed by atoms with Gasteiger partial charge in [0, 0.05) is 11.5 Å². The van der Waals surface area contributed by atoms with Crippen LogP contribution in [0.1, 0.15) is 0 Å². The molecule has 1 unspecified atom stereocenters. The lowest BCUT2D eigenvalue weighted by atomic mass is 10.6. The fourth-order valence-electron chi connectivity index (χ4n) is 0.981. The van der Waals surface area contributed by atoms with E-state index >= 15 is 0 Å². The van der Waals surface area contributed by atoms with E-state index in [0.717, 1.165) is 22.8 Å². The number of carbonyl (C=O) groups is 1. The fraction of sp³-hybridized carbons (Fsp3) is 0.833. The van der Waals surface area contributed by atoms with E-state index in [2.05, 4.69) is 4.74 Å². The van der Waals surface area contributed by atoms with Gasteiger partial charge in [-0.3, -0.25) is 4.57 Å². The van der Waals surface area contributed by atoms with Crippen LogP contribution in [0.15, 0.2) is 0 Å². The van der Waals surface area contributed by atoms with E-state index in [0.29, 0.717) is 11.5 Å². The molecule has 12 heteroatoms. The average molecular weight is 384 g/mol. The Balaban J connectivity index is 2.95. The van der Waals surface area contributed by atoms with Crippen LogP contribution in [0.3, 0.4) is 0 Å². The summed E-state index contributed by atoms with van der Waals surface area (Å²) in [7, 11) is 0. The molecule has 0 radical (unpaired) electrons. The van der Waals surface area contributed by atoms with E-state index in [1.165, 1.54) is 0 Å². The molecule has 106 valence electrons. The molecule has 1 aliphatic rings. The van der Waals surface area contributed by atoms with Crippen molar-refractivity contribution in [2.75, 3.05) is 11.5 Å². The van der Waals surface area contributed by atoms with Crippen molar-refractivity contribution in [3.63, 3.8) is 0 Å². The molecule has 0 amide bonds. The van der Waals surface area contributed by atoms with E-state index < -0.39 is 27.3 Å². The molecular formula is C6H5Cl3F3O3PS2. The maximum atomic E-state index is 12.3. The van der Waals surface area contributed by atoms with Crippen LogP contribution >= 0.6 is 63.1 Å². The van der Waals surface area contributed by atoms with Gasteiger partial charge >= 0.3 is 12.1 Å². The van der Waals surface area contributed by atoms with Crippen molar-refractivity contribution in [1.29, 1.82) is 0 Å². The number of esters is 1. The average Bonchev–Trinajstić information content (AvgIpc) is 2.58. The Morgan fingerprint density at radius 2 is 1.67 bits per heavy atom. The summed E-state index contributed by atoms with van der Waals surface area (Å²) in [6.07, 6.45) is -5.23. The first-order valence-electron chi connectivity index (χ1n) is 4.20. The first-order chi connectivity index (χ1) is 7.97. The van der Waals surface area contributed by atoms with Gasteiger partial charge in [-0.25, -0.2) is 4.79 Å². The van der Waals surface area contributed by atoms with E-state index in [1.54, 1.807) is 0 Å². The molecule has 1 rings (SSSR count). The summed E-state index contributed by atoms with van der Waals surface area (Å²) < 4.78 is 50.3. The number of ether oxygens (including phenoxy) is 1. The van der Waals surface area contributed by atoms with Crippen LogP contribution in [0, 0.1) is 0 Å². The zero-order valence-corrected chi connectivity index (χ0v) is 13.0. The van der Waals surface area contributed by atoms with Crippen molar-refractivity contribution in [2.24, 2.45) is 0 Å². The molecule has 0 bridgehead atoms. The zero-order valence-electron chi connectivity index (χ0n) is 8.25. The highest BCUT2D eigenvalue weighted by atomic mass is 35.6. The van der Waals surface area contributed by atoms with Crippen molar-refractivity contribution in [3.05, 3.63) is 0 Å². The number of halogens is 6. The van der Waals surface area contributed by atoms with Crippen LogP contribution in [0.2, 0.25) is 0 Å². The number of carbonyl (C=O) groups excluding carboxylic acids is 1. The van der Waals surface area contributed by atoms with Crippen molar-refractivity contribution in [3.8, 4) is 0 Å². The number of hydrogen-bond donors (Lipinski definition) is 0. The molecule has 1 aliphatic heterocycles. The topological polar surface area (TPSA) is 43.4 Å². The lowest BCUT2D eigenvalue weighted by molar-refractivity contribution is -0.201. The normalized spacial score (nSPS) is 21.7. The Morgan fingerprint density at radius 1 is 1.22 bits per heavy atom. The lowest BCUT2D eigenvalue weighted by Gasteiger charge is -2.28. The van der Waals surface area contributed by atoms with Gasteiger partial charge in [-0.1, -0.05) is 57.6 Å². The second kappa shape index (κ2) is 5.82. The number of rotatable bonds is 2. The molecule has 0 saturated carbocycles. The Kier molecular flexibility index (Phi) is 5.53. The highest BCUT2D eigenvalue weighted by molar-refractivity contribution is 8.92. The predicted octanol–water partition coefficient (Wildman–Crippen LogP) is 4.46. The minimum Gasteiger partial charge on any atom is -0.441 e. The van der Waals surface area contributed by atoms with Gasteiger partial charge in [-0.15, -0.1) is 0 Å². The van der Waals surface area contributed by atoms with Gasteiger partial charge in [0.1, 0.15) is 0 Å². The maximum Gasteiger partial charge on any atom is 0.490 e. The Morgan fingerprint density at radius 3 is 2.00 bits per heavy atom. The van der Waals surface area contributed by atoms with Crippen LogP contribution in [0.5, 0.6) is 0 Å². The number of alkyl halides is 6. The number of hydrogen-bond acceptors (Lipinski definition) is 5. The molecule has 1 saturated heterocycles. The Hall–Kier alpha value is 1.06. The van der Waals surface area contributed by atoms with Gasteiger partial charge in [0.25, 0.3) is 0 Å². The van der Waals surface area contributed by atoms with Gasteiger partial charge in [0.15, 0.2) is 0 Å². The highest BCUT2D eigenvalue weighted by Crippen LogP contribution is 2.79. The third-order valence-corrected chi connectivity index (χ3v) is 11.8. The predicted molar refractivity (Wildman–Crippen MR) is 68.7 cm³/mol. The van der Waals surface area contributed by atoms with E-state index in [1.807, 2.05) is 0 Å². The molecule has 0 N–H and O–H groups in total. The van der Waals surface area contributed by atoms with E-state index in [-0.39, 0.29) is 0 Å². The molecule has 3 nitrogen and oxygen atoms in total. The molecule has 0 aliphatic carbocycles. The van der Waals surface area contributed by atoms with E-state index in [9.17, 15) is 22.5 Å². The molecule has 0 aromatic rings. The Bertz CT molecular complexity index is 376. The molecule has 0 aromatic heterocycles. The van der Waals surface area contributed by atoms with Crippen molar-refractivity contribution in [2.45, 2.75) is 15.8 Å². The molecule has 0 aromatic carbocycles. The van der Waals surface area contributed by atoms with Crippen LogP contribution in [0.4, 0.5) is 13.2 Å². The summed E-state index contributed by atoms with van der Waals surface area (Å²) >= 11 is 18.1. The summed E-state index contributed by atoms with van der Waals surface area (Å²) in [5.74, 6) is -3.62. The highest BCUT2D eigenvalue weighted by Gasteiger charge is 2.55. The van der Waals surface area contributed by atoms with Gasteiger partial charge < -0.3 is 4.74 Å².